The molecule has 0 aliphatic carbocycles. The minimum atomic E-state index is -0.215. The van der Waals surface area contributed by atoms with E-state index in [2.05, 4.69) is 5.32 Å². The highest BCUT2D eigenvalue weighted by Crippen LogP contribution is 2.26. The number of hydrogen-bond acceptors (Lipinski definition) is 2. The van der Waals surface area contributed by atoms with Crippen molar-refractivity contribution in [2.45, 2.75) is 6.54 Å². The molecule has 0 bridgehead atoms. The summed E-state index contributed by atoms with van der Waals surface area (Å²) in [4.78, 5) is 28.5. The monoisotopic (exact) mass is 516 g/mol. The third-order valence-corrected chi connectivity index (χ3v) is 6.43. The Hall–Kier alpha value is -4.67. The van der Waals surface area contributed by atoms with Gasteiger partial charge in [0.1, 0.15) is 0 Å². The van der Waals surface area contributed by atoms with Crippen LogP contribution in [0.3, 0.4) is 0 Å². The number of hydrogen-bond donors (Lipinski definition) is 1. The first kappa shape index (κ1) is 25.0. The van der Waals surface area contributed by atoms with E-state index in [1.807, 2.05) is 97.1 Å². The summed E-state index contributed by atoms with van der Waals surface area (Å²) in [5.74, 6) is -0.378. The molecule has 1 N–H and O–H groups in total. The summed E-state index contributed by atoms with van der Waals surface area (Å²) < 4.78 is 0. The Balaban J connectivity index is 1.37. The predicted molar refractivity (Wildman–Crippen MR) is 155 cm³/mol. The predicted octanol–water partition coefficient (Wildman–Crippen LogP) is 8.11. The van der Waals surface area contributed by atoms with Crippen LogP contribution in [0.25, 0.3) is 11.1 Å². The van der Waals surface area contributed by atoms with Crippen LogP contribution in [0.15, 0.2) is 133 Å². The molecule has 0 radical (unpaired) electrons. The van der Waals surface area contributed by atoms with Gasteiger partial charge in [-0.3, -0.25) is 9.59 Å². The molecular weight excluding hydrogens is 492 g/mol. The molecule has 0 aliphatic heterocycles. The highest BCUT2D eigenvalue weighted by Gasteiger charge is 2.19. The number of anilines is 2. The lowest BCUT2D eigenvalue weighted by Gasteiger charge is -2.23. The molecule has 0 saturated carbocycles. The van der Waals surface area contributed by atoms with Crippen LogP contribution < -0.4 is 10.2 Å². The van der Waals surface area contributed by atoms with Crippen molar-refractivity contribution in [1.82, 2.24) is 0 Å². The summed E-state index contributed by atoms with van der Waals surface area (Å²) in [6.45, 7) is 0.398. The molecule has 0 unspecified atom stereocenters. The van der Waals surface area contributed by atoms with Crippen molar-refractivity contribution in [2.24, 2.45) is 0 Å². The molecular formula is C33H25ClN2O2. The molecule has 2 amide bonds. The van der Waals surface area contributed by atoms with Crippen LogP contribution in [-0.4, -0.2) is 11.8 Å². The second-order valence-electron chi connectivity index (χ2n) is 8.80. The van der Waals surface area contributed by atoms with Gasteiger partial charge in [-0.25, -0.2) is 0 Å². The van der Waals surface area contributed by atoms with Crippen LogP contribution in [0, 0.1) is 0 Å². The zero-order valence-electron chi connectivity index (χ0n) is 20.6. The largest absolute Gasteiger partial charge is 0.322 e. The molecule has 5 rings (SSSR count). The Morgan fingerprint density at radius 1 is 0.684 bits per heavy atom. The van der Waals surface area contributed by atoms with Crippen molar-refractivity contribution >= 4 is 34.8 Å². The second-order valence-corrected chi connectivity index (χ2v) is 9.24. The van der Waals surface area contributed by atoms with Crippen LogP contribution >= 0.6 is 11.6 Å². The first-order chi connectivity index (χ1) is 18.6. The lowest BCUT2D eigenvalue weighted by atomic mass is 9.99. The van der Waals surface area contributed by atoms with Crippen molar-refractivity contribution < 1.29 is 9.59 Å². The first-order valence-electron chi connectivity index (χ1n) is 12.3. The van der Waals surface area contributed by atoms with Gasteiger partial charge in [-0.2, -0.15) is 0 Å². The van der Waals surface area contributed by atoms with E-state index in [-0.39, 0.29) is 11.8 Å². The maximum Gasteiger partial charge on any atom is 0.258 e. The molecule has 5 aromatic rings. The van der Waals surface area contributed by atoms with Gasteiger partial charge in [-0.1, -0.05) is 96.5 Å². The number of nitrogens with one attached hydrogen (secondary N) is 1. The minimum Gasteiger partial charge on any atom is -0.322 e. The molecule has 0 spiro atoms. The fraction of sp³-hybridized carbons (Fsp3) is 0.0303. The van der Waals surface area contributed by atoms with Crippen molar-refractivity contribution in [3.05, 3.63) is 155 Å². The van der Waals surface area contributed by atoms with E-state index in [9.17, 15) is 9.59 Å². The van der Waals surface area contributed by atoms with E-state index in [1.54, 1.807) is 41.3 Å². The molecule has 0 heterocycles. The van der Waals surface area contributed by atoms with Gasteiger partial charge in [-0.15, -0.1) is 0 Å². The SMILES string of the molecule is O=C(Nc1ccc(C(=O)N(Cc2ccccc2)c2cccc(Cl)c2)cc1)c1ccccc1-c1ccccc1. The van der Waals surface area contributed by atoms with Crippen LogP contribution in [0.2, 0.25) is 5.02 Å². The first-order valence-corrected chi connectivity index (χ1v) is 12.6. The molecule has 38 heavy (non-hydrogen) atoms. The Labute approximate surface area is 227 Å². The normalized spacial score (nSPS) is 10.6. The zero-order chi connectivity index (χ0) is 26.3. The van der Waals surface area contributed by atoms with Gasteiger partial charge in [0.15, 0.2) is 0 Å². The summed E-state index contributed by atoms with van der Waals surface area (Å²) in [5, 5.41) is 3.52. The zero-order valence-corrected chi connectivity index (χ0v) is 21.3. The second kappa shape index (κ2) is 11.6. The third-order valence-electron chi connectivity index (χ3n) is 6.19. The number of nitrogens with zero attached hydrogens (tertiary/aromatic N) is 1. The number of halogens is 1. The summed E-state index contributed by atoms with van der Waals surface area (Å²) in [5.41, 5.74) is 5.22. The van der Waals surface area contributed by atoms with Crippen molar-refractivity contribution in [3.63, 3.8) is 0 Å². The summed E-state index contributed by atoms with van der Waals surface area (Å²) in [6, 6.07) is 41.3. The lowest BCUT2D eigenvalue weighted by Crippen LogP contribution is -2.30. The number of benzene rings is 5. The fourth-order valence-electron chi connectivity index (χ4n) is 4.29. The van der Waals surface area contributed by atoms with Gasteiger partial charge < -0.3 is 10.2 Å². The Morgan fingerprint density at radius 3 is 2.05 bits per heavy atom. The minimum absolute atomic E-state index is 0.164. The van der Waals surface area contributed by atoms with Crippen LogP contribution in [0.4, 0.5) is 11.4 Å². The van der Waals surface area contributed by atoms with Gasteiger partial charge in [0.05, 0.1) is 6.54 Å². The van der Waals surface area contributed by atoms with E-state index >= 15 is 0 Å². The average Bonchev–Trinajstić information content (AvgIpc) is 2.97. The van der Waals surface area contributed by atoms with Crippen LogP contribution in [0.5, 0.6) is 0 Å². The molecule has 4 nitrogen and oxygen atoms in total. The summed E-state index contributed by atoms with van der Waals surface area (Å²) in [7, 11) is 0. The van der Waals surface area contributed by atoms with Gasteiger partial charge in [-0.05, 0) is 65.2 Å². The van der Waals surface area contributed by atoms with Gasteiger partial charge in [0, 0.05) is 27.5 Å². The Kier molecular flexibility index (Phi) is 7.62. The van der Waals surface area contributed by atoms with E-state index in [0.717, 1.165) is 16.7 Å². The molecule has 0 aliphatic rings. The van der Waals surface area contributed by atoms with Crippen molar-refractivity contribution in [3.8, 4) is 11.1 Å². The number of carbonyl (C=O) groups excluding carboxylic acids is 2. The van der Waals surface area contributed by atoms with E-state index in [4.69, 9.17) is 11.6 Å². The average molecular weight is 517 g/mol. The Morgan fingerprint density at radius 2 is 1.34 bits per heavy atom. The smallest absolute Gasteiger partial charge is 0.258 e. The van der Waals surface area contributed by atoms with E-state index < -0.39 is 0 Å². The van der Waals surface area contributed by atoms with Crippen molar-refractivity contribution in [2.75, 3.05) is 10.2 Å². The van der Waals surface area contributed by atoms with Crippen LogP contribution in [-0.2, 0) is 6.54 Å². The molecule has 0 atom stereocenters. The standard InChI is InChI=1S/C33H25ClN2O2/c34-27-14-9-15-29(22-27)36(23-24-10-3-1-4-11-24)33(38)26-18-20-28(21-19-26)35-32(37)31-17-8-7-16-30(31)25-12-5-2-6-13-25/h1-22H,23H2,(H,35,37). The number of carbonyl (C=O) groups is 2. The number of rotatable bonds is 7. The Bertz CT molecular complexity index is 1550. The summed E-state index contributed by atoms with van der Waals surface area (Å²) in [6.07, 6.45) is 0. The molecule has 5 aromatic carbocycles. The molecule has 0 saturated heterocycles. The van der Waals surface area contributed by atoms with Gasteiger partial charge >= 0.3 is 0 Å². The van der Waals surface area contributed by atoms with Gasteiger partial charge in [0.2, 0.25) is 0 Å². The number of amides is 2. The molecule has 186 valence electrons. The molecule has 0 aromatic heterocycles. The third kappa shape index (κ3) is 5.83. The topological polar surface area (TPSA) is 49.4 Å². The maximum absolute atomic E-state index is 13.6. The fourth-order valence-corrected chi connectivity index (χ4v) is 4.48. The molecule has 0 fully saturated rings. The summed E-state index contributed by atoms with van der Waals surface area (Å²) >= 11 is 6.23. The van der Waals surface area contributed by atoms with E-state index in [0.29, 0.717) is 34.1 Å². The lowest BCUT2D eigenvalue weighted by molar-refractivity contribution is 0.0984. The van der Waals surface area contributed by atoms with Crippen LogP contribution in [0.1, 0.15) is 26.3 Å². The highest BCUT2D eigenvalue weighted by molar-refractivity contribution is 6.31. The molecule has 5 heteroatoms. The highest BCUT2D eigenvalue weighted by atomic mass is 35.5. The maximum atomic E-state index is 13.6. The van der Waals surface area contributed by atoms with Gasteiger partial charge in [0.25, 0.3) is 11.8 Å². The quantitative estimate of drug-likeness (QED) is 0.237. The van der Waals surface area contributed by atoms with E-state index in [1.165, 1.54) is 0 Å². The van der Waals surface area contributed by atoms with Crippen molar-refractivity contribution in [1.29, 1.82) is 0 Å².